The van der Waals surface area contributed by atoms with Crippen LogP contribution in [-0.4, -0.2) is 41.0 Å². The van der Waals surface area contributed by atoms with Gasteiger partial charge >= 0.3 is 0 Å². The van der Waals surface area contributed by atoms with Gasteiger partial charge in [0, 0.05) is 66.7 Å². The Kier molecular flexibility index (Phi) is 4.84. The molecule has 2 aliphatic heterocycles. The molecule has 0 bridgehead atoms. The van der Waals surface area contributed by atoms with Gasteiger partial charge in [-0.2, -0.15) is 0 Å². The summed E-state index contributed by atoms with van der Waals surface area (Å²) in [7, 11) is 0. The molecule has 0 unspecified atom stereocenters. The van der Waals surface area contributed by atoms with Crippen LogP contribution in [-0.2, 0) is 6.54 Å². The fraction of sp³-hybridized carbons (Fsp3) is 0.214. The number of anilines is 2. The van der Waals surface area contributed by atoms with Crippen molar-refractivity contribution in [2.24, 2.45) is 5.41 Å². The van der Waals surface area contributed by atoms with Gasteiger partial charge in [-0.05, 0) is 47.5 Å². The molecule has 0 saturated carbocycles. The van der Waals surface area contributed by atoms with Crippen molar-refractivity contribution in [3.63, 3.8) is 0 Å². The van der Waals surface area contributed by atoms with Gasteiger partial charge in [0.2, 0.25) is 0 Å². The molecule has 174 valence electrons. The molecule has 2 N–H and O–H groups in total. The quantitative estimate of drug-likeness (QED) is 0.332. The summed E-state index contributed by atoms with van der Waals surface area (Å²) in [5.74, 6) is -0.187. The van der Waals surface area contributed by atoms with Crippen LogP contribution in [0.5, 0.6) is 0 Å². The van der Waals surface area contributed by atoms with E-state index < -0.39 is 0 Å². The maximum atomic E-state index is 15.1. The molecule has 2 fully saturated rings. The van der Waals surface area contributed by atoms with Crippen molar-refractivity contribution < 1.29 is 4.39 Å². The Morgan fingerprint density at radius 1 is 0.971 bits per heavy atom. The van der Waals surface area contributed by atoms with Gasteiger partial charge < -0.3 is 10.6 Å². The number of likely N-dealkylation sites (tertiary alicyclic amines) is 1. The highest BCUT2D eigenvalue weighted by Gasteiger charge is 2.47. The van der Waals surface area contributed by atoms with Crippen LogP contribution < -0.4 is 10.6 Å². The number of nitrogens with one attached hydrogen (secondary N) is 2. The van der Waals surface area contributed by atoms with Gasteiger partial charge in [-0.1, -0.05) is 24.3 Å². The second-order valence-corrected chi connectivity index (χ2v) is 10.7. The summed E-state index contributed by atoms with van der Waals surface area (Å²) in [6.07, 6.45) is 1.78. The van der Waals surface area contributed by atoms with Crippen LogP contribution in [0.3, 0.4) is 0 Å². The number of nitrogens with zero attached hydrogens (tertiary/aromatic N) is 3. The number of fused-ring (bicyclic) bond motifs is 2. The van der Waals surface area contributed by atoms with Gasteiger partial charge in [0.05, 0.1) is 21.2 Å². The van der Waals surface area contributed by atoms with E-state index in [-0.39, 0.29) is 5.82 Å². The smallest absolute Gasteiger partial charge is 0.131 e. The van der Waals surface area contributed by atoms with Gasteiger partial charge in [0.25, 0.3) is 0 Å². The van der Waals surface area contributed by atoms with E-state index in [2.05, 4.69) is 37.6 Å². The van der Waals surface area contributed by atoms with Gasteiger partial charge in [0.15, 0.2) is 0 Å². The molecule has 2 saturated heterocycles. The van der Waals surface area contributed by atoms with Crippen LogP contribution in [0.4, 0.5) is 15.8 Å². The van der Waals surface area contributed by atoms with Crippen molar-refractivity contribution in [3.05, 3.63) is 83.8 Å². The second-order valence-electron chi connectivity index (χ2n) is 9.81. The summed E-state index contributed by atoms with van der Waals surface area (Å²) >= 11 is 1.63. The molecule has 3 aromatic carbocycles. The van der Waals surface area contributed by atoms with E-state index in [4.69, 9.17) is 0 Å². The molecule has 35 heavy (non-hydrogen) atoms. The number of aromatic nitrogens is 2. The molecular weight excluding hydrogens is 457 g/mol. The first-order valence-corrected chi connectivity index (χ1v) is 12.7. The highest BCUT2D eigenvalue weighted by molar-refractivity contribution is 7.16. The van der Waals surface area contributed by atoms with Crippen molar-refractivity contribution in [2.45, 2.75) is 6.54 Å². The molecule has 4 heterocycles. The lowest BCUT2D eigenvalue weighted by atomic mass is 9.74. The monoisotopic (exact) mass is 481 g/mol. The number of pyridine rings is 1. The van der Waals surface area contributed by atoms with E-state index in [9.17, 15) is 0 Å². The van der Waals surface area contributed by atoms with E-state index in [0.29, 0.717) is 11.0 Å². The molecule has 0 amide bonds. The predicted octanol–water partition coefficient (Wildman–Crippen LogP) is 5.80. The minimum Gasteiger partial charge on any atom is -0.355 e. The predicted molar refractivity (Wildman–Crippen MR) is 141 cm³/mol. The zero-order chi connectivity index (χ0) is 23.4. The first kappa shape index (κ1) is 20.9. The molecule has 7 rings (SSSR count). The molecule has 0 aliphatic carbocycles. The number of thiazole rings is 1. The summed E-state index contributed by atoms with van der Waals surface area (Å²) < 4.78 is 16.3. The third kappa shape index (κ3) is 3.76. The maximum absolute atomic E-state index is 15.1. The zero-order valence-corrected chi connectivity index (χ0v) is 19.9. The van der Waals surface area contributed by atoms with Crippen LogP contribution >= 0.6 is 11.3 Å². The summed E-state index contributed by atoms with van der Waals surface area (Å²) in [6, 6.07) is 19.7. The average Bonchev–Trinajstić information content (AvgIpc) is 3.28. The number of rotatable bonds is 5. The first-order chi connectivity index (χ1) is 17.1. The Morgan fingerprint density at radius 2 is 1.89 bits per heavy atom. The SMILES string of the molecule is Fc1cc(CN2CC3(CNC3)C2)ccc1-c1ccc2c(Nc3ccc4scnc4c3)ccnc2c1. The molecule has 2 aromatic heterocycles. The molecule has 2 aliphatic rings. The lowest BCUT2D eigenvalue weighted by molar-refractivity contribution is -0.0444. The van der Waals surface area contributed by atoms with E-state index >= 15 is 4.39 Å². The Balaban J connectivity index is 1.13. The zero-order valence-electron chi connectivity index (χ0n) is 19.1. The number of halogens is 1. The van der Waals surface area contributed by atoms with Gasteiger partial charge in [-0.3, -0.25) is 9.88 Å². The van der Waals surface area contributed by atoms with E-state index in [1.54, 1.807) is 23.6 Å². The fourth-order valence-corrected chi connectivity index (χ4v) is 6.04. The topological polar surface area (TPSA) is 53.1 Å². The average molecular weight is 482 g/mol. The van der Waals surface area contributed by atoms with Crippen LogP contribution in [0.2, 0.25) is 0 Å². The van der Waals surface area contributed by atoms with Crippen molar-refractivity contribution in [1.29, 1.82) is 0 Å². The third-order valence-corrected chi connectivity index (χ3v) is 8.03. The molecule has 0 radical (unpaired) electrons. The Morgan fingerprint density at radius 3 is 2.71 bits per heavy atom. The number of hydrogen-bond donors (Lipinski definition) is 2. The molecule has 5 aromatic rings. The van der Waals surface area contributed by atoms with E-state index in [0.717, 1.165) is 76.3 Å². The highest BCUT2D eigenvalue weighted by atomic mass is 32.1. The second kappa shape index (κ2) is 8.09. The summed E-state index contributed by atoms with van der Waals surface area (Å²) in [6.45, 7) is 5.25. The number of hydrogen-bond acceptors (Lipinski definition) is 6. The highest BCUT2D eigenvalue weighted by Crippen LogP contribution is 2.36. The Hall–Kier alpha value is -3.39. The van der Waals surface area contributed by atoms with Gasteiger partial charge in [-0.25, -0.2) is 9.37 Å². The molecule has 7 heteroatoms. The largest absolute Gasteiger partial charge is 0.355 e. The normalized spacial score (nSPS) is 16.9. The van der Waals surface area contributed by atoms with Crippen LogP contribution in [0.25, 0.3) is 32.2 Å². The Bertz CT molecular complexity index is 1570. The molecular formula is C28H24FN5S. The summed E-state index contributed by atoms with van der Waals surface area (Å²) in [4.78, 5) is 11.4. The van der Waals surface area contributed by atoms with Crippen molar-refractivity contribution in [3.8, 4) is 11.1 Å². The van der Waals surface area contributed by atoms with Gasteiger partial charge in [-0.15, -0.1) is 11.3 Å². The lowest BCUT2D eigenvalue weighted by Gasteiger charge is -2.56. The number of benzene rings is 3. The molecule has 1 spiro atoms. The van der Waals surface area contributed by atoms with E-state index in [1.165, 1.54) is 0 Å². The van der Waals surface area contributed by atoms with Crippen LogP contribution in [0.1, 0.15) is 5.56 Å². The van der Waals surface area contributed by atoms with Crippen LogP contribution in [0.15, 0.2) is 72.4 Å². The van der Waals surface area contributed by atoms with Crippen LogP contribution in [0, 0.1) is 11.2 Å². The van der Waals surface area contributed by atoms with Crippen molar-refractivity contribution >= 4 is 43.8 Å². The lowest BCUT2D eigenvalue weighted by Crippen LogP contribution is -2.70. The van der Waals surface area contributed by atoms with E-state index in [1.807, 2.05) is 48.0 Å². The standard InChI is InChI=1S/C28H24FN5S/c29-23-9-18(12-34-15-28(16-34)13-30-14-28)1-4-21(23)19-2-5-22-24(7-8-31-25(22)10-19)33-20-3-6-27-26(11-20)32-17-35-27/h1-11,17,30H,12-16H2,(H,31,33). The summed E-state index contributed by atoms with van der Waals surface area (Å²) in [5, 5.41) is 7.84. The minimum atomic E-state index is -0.187. The fourth-order valence-electron chi connectivity index (χ4n) is 5.38. The molecule has 5 nitrogen and oxygen atoms in total. The van der Waals surface area contributed by atoms with Gasteiger partial charge in [0.1, 0.15) is 5.82 Å². The van der Waals surface area contributed by atoms with Crippen molar-refractivity contribution in [1.82, 2.24) is 20.2 Å². The minimum absolute atomic E-state index is 0.187. The first-order valence-electron chi connectivity index (χ1n) is 11.9. The molecule has 0 atom stereocenters. The Labute approximate surface area is 206 Å². The van der Waals surface area contributed by atoms with Crippen molar-refractivity contribution in [2.75, 3.05) is 31.5 Å². The summed E-state index contributed by atoms with van der Waals surface area (Å²) in [5.41, 5.74) is 8.54. The maximum Gasteiger partial charge on any atom is 0.131 e. The third-order valence-electron chi connectivity index (χ3n) is 7.22.